The molecule has 2 aliphatic heterocycles. The number of ketones is 1. The topological polar surface area (TPSA) is 29.5 Å². The van der Waals surface area contributed by atoms with Gasteiger partial charge in [0.2, 0.25) is 0 Å². The number of hydrogen-bond donors (Lipinski definition) is 0. The first-order chi connectivity index (χ1) is 9.02. The molecule has 5 heteroatoms. The van der Waals surface area contributed by atoms with E-state index in [0.29, 0.717) is 6.61 Å². The van der Waals surface area contributed by atoms with Crippen LogP contribution in [0.2, 0.25) is 0 Å². The summed E-state index contributed by atoms with van der Waals surface area (Å²) in [5, 5.41) is 0. The fraction of sp³-hybridized carbons (Fsp3) is 0.500. The normalized spacial score (nSPS) is 27.2. The Labute approximate surface area is 140 Å². The van der Waals surface area contributed by atoms with Gasteiger partial charge in [-0.3, -0.25) is 9.69 Å². The second kappa shape index (κ2) is 5.14. The van der Waals surface area contributed by atoms with Crippen LogP contribution in [-0.4, -0.2) is 35.9 Å². The molecule has 3 rings (SSSR count). The standard InChI is InChI=1S/C14H15I2NO2/c1-14(17-4-2-3-5-17)8-19-12-10(13(14)18)6-9(15)7-11(12)16/h6-7H,2-5,8H2,1H3. The predicted octanol–water partition coefficient (Wildman–Crippen LogP) is 3.33. The second-order valence-corrected chi connectivity index (χ2v) is 7.76. The molecule has 0 aromatic heterocycles. The largest absolute Gasteiger partial charge is 0.489 e. The summed E-state index contributed by atoms with van der Waals surface area (Å²) in [6.07, 6.45) is 2.36. The van der Waals surface area contributed by atoms with Crippen LogP contribution in [0.1, 0.15) is 30.1 Å². The molecule has 102 valence electrons. The third-order valence-corrected chi connectivity index (χ3v) is 5.47. The van der Waals surface area contributed by atoms with E-state index in [2.05, 4.69) is 50.1 Å². The summed E-state index contributed by atoms with van der Waals surface area (Å²) < 4.78 is 8.05. The minimum Gasteiger partial charge on any atom is -0.489 e. The maximum atomic E-state index is 12.9. The molecule has 2 aliphatic rings. The van der Waals surface area contributed by atoms with Crippen LogP contribution in [0.25, 0.3) is 0 Å². The molecule has 1 fully saturated rings. The third-order valence-electron chi connectivity index (χ3n) is 4.04. The number of fused-ring (bicyclic) bond motifs is 1. The minimum absolute atomic E-state index is 0.215. The van der Waals surface area contributed by atoms with E-state index in [1.807, 2.05) is 19.1 Å². The lowest BCUT2D eigenvalue weighted by Gasteiger charge is -2.40. The maximum absolute atomic E-state index is 12.9. The van der Waals surface area contributed by atoms with Crippen molar-refractivity contribution < 1.29 is 9.53 Å². The summed E-state index contributed by atoms with van der Waals surface area (Å²) >= 11 is 4.50. The molecule has 0 bridgehead atoms. The molecule has 1 saturated heterocycles. The highest BCUT2D eigenvalue weighted by molar-refractivity contribution is 14.1. The van der Waals surface area contributed by atoms with Gasteiger partial charge in [0.05, 0.1) is 9.13 Å². The number of carbonyl (C=O) groups excluding carboxylic acids is 1. The zero-order chi connectivity index (χ0) is 13.6. The molecule has 0 amide bonds. The van der Waals surface area contributed by atoms with E-state index in [-0.39, 0.29) is 5.78 Å². The lowest BCUT2D eigenvalue weighted by atomic mass is 9.87. The summed E-state index contributed by atoms with van der Waals surface area (Å²) in [5.41, 5.74) is 0.258. The maximum Gasteiger partial charge on any atom is 0.190 e. The van der Waals surface area contributed by atoms with Gasteiger partial charge >= 0.3 is 0 Å². The van der Waals surface area contributed by atoms with Gasteiger partial charge in [-0.15, -0.1) is 0 Å². The molecule has 1 aromatic rings. The number of halogens is 2. The summed E-state index contributed by atoms with van der Waals surface area (Å²) in [6.45, 7) is 4.50. The molecule has 3 nitrogen and oxygen atoms in total. The Morgan fingerprint density at radius 3 is 2.63 bits per heavy atom. The van der Waals surface area contributed by atoms with Gasteiger partial charge in [-0.25, -0.2) is 0 Å². The van der Waals surface area contributed by atoms with Crippen LogP contribution in [0.3, 0.4) is 0 Å². The van der Waals surface area contributed by atoms with Gasteiger partial charge in [0, 0.05) is 3.57 Å². The van der Waals surface area contributed by atoms with Gasteiger partial charge < -0.3 is 4.74 Å². The molecule has 0 aliphatic carbocycles. The van der Waals surface area contributed by atoms with Gasteiger partial charge in [-0.05, 0) is 90.2 Å². The van der Waals surface area contributed by atoms with E-state index in [9.17, 15) is 4.79 Å². The Morgan fingerprint density at radius 2 is 1.95 bits per heavy atom. The highest BCUT2D eigenvalue weighted by atomic mass is 127. The smallest absolute Gasteiger partial charge is 0.190 e. The van der Waals surface area contributed by atoms with Gasteiger partial charge in [0.1, 0.15) is 17.9 Å². The molecule has 0 saturated carbocycles. The zero-order valence-electron chi connectivity index (χ0n) is 10.7. The molecule has 0 spiro atoms. The number of nitrogens with zero attached hydrogens (tertiary/aromatic N) is 1. The van der Waals surface area contributed by atoms with Crippen LogP contribution in [0.4, 0.5) is 0 Å². The monoisotopic (exact) mass is 483 g/mol. The van der Waals surface area contributed by atoms with Crippen molar-refractivity contribution in [2.75, 3.05) is 19.7 Å². The van der Waals surface area contributed by atoms with Crippen molar-refractivity contribution in [3.8, 4) is 5.75 Å². The second-order valence-electron chi connectivity index (χ2n) is 5.35. The molecule has 19 heavy (non-hydrogen) atoms. The highest BCUT2D eigenvalue weighted by Gasteiger charge is 2.46. The Balaban J connectivity index is 2.04. The Kier molecular flexibility index (Phi) is 3.81. The summed E-state index contributed by atoms with van der Waals surface area (Å²) in [4.78, 5) is 15.2. The average molecular weight is 483 g/mol. The summed E-state index contributed by atoms with van der Waals surface area (Å²) in [7, 11) is 0. The van der Waals surface area contributed by atoms with Crippen LogP contribution >= 0.6 is 45.2 Å². The SMILES string of the molecule is CC1(N2CCCC2)COc2c(I)cc(I)cc2C1=O. The van der Waals surface area contributed by atoms with Crippen LogP contribution in [0.15, 0.2) is 12.1 Å². The first kappa shape index (κ1) is 14.1. The lowest BCUT2D eigenvalue weighted by molar-refractivity contribution is 0.0415. The van der Waals surface area contributed by atoms with Crippen molar-refractivity contribution in [2.45, 2.75) is 25.3 Å². The Bertz CT molecular complexity index is 540. The average Bonchev–Trinajstić information content (AvgIpc) is 2.88. The number of carbonyl (C=O) groups is 1. The van der Waals surface area contributed by atoms with E-state index in [0.717, 1.165) is 31.5 Å². The van der Waals surface area contributed by atoms with Gasteiger partial charge in [-0.1, -0.05) is 0 Å². The Hall–Kier alpha value is 0.110. The van der Waals surface area contributed by atoms with Crippen molar-refractivity contribution in [2.24, 2.45) is 0 Å². The van der Waals surface area contributed by atoms with Gasteiger partial charge in [0.15, 0.2) is 5.78 Å². The molecule has 2 heterocycles. The minimum atomic E-state index is -0.489. The molecular formula is C14H15I2NO2. The Morgan fingerprint density at radius 1 is 1.26 bits per heavy atom. The molecule has 1 atom stereocenters. The molecular weight excluding hydrogens is 468 g/mol. The number of Topliss-reactive ketones (excluding diaryl/α,β-unsaturated/α-hetero) is 1. The van der Waals surface area contributed by atoms with Crippen LogP contribution in [0.5, 0.6) is 5.75 Å². The number of likely N-dealkylation sites (tertiary alicyclic amines) is 1. The van der Waals surface area contributed by atoms with E-state index < -0.39 is 5.54 Å². The van der Waals surface area contributed by atoms with E-state index in [4.69, 9.17) is 4.74 Å². The molecule has 1 aromatic carbocycles. The van der Waals surface area contributed by atoms with Gasteiger partial charge in [0.25, 0.3) is 0 Å². The molecule has 0 N–H and O–H groups in total. The fourth-order valence-electron chi connectivity index (χ4n) is 2.89. The molecule has 0 radical (unpaired) electrons. The third kappa shape index (κ3) is 2.31. The van der Waals surface area contributed by atoms with Crippen LogP contribution in [0, 0.1) is 7.14 Å². The first-order valence-corrected chi connectivity index (χ1v) is 8.60. The van der Waals surface area contributed by atoms with Crippen molar-refractivity contribution >= 4 is 51.0 Å². The van der Waals surface area contributed by atoms with Crippen molar-refractivity contribution in [3.05, 3.63) is 24.8 Å². The highest BCUT2D eigenvalue weighted by Crippen LogP contribution is 2.38. The van der Waals surface area contributed by atoms with E-state index in [1.54, 1.807) is 0 Å². The first-order valence-electron chi connectivity index (χ1n) is 6.44. The lowest BCUT2D eigenvalue weighted by Crippen LogP contribution is -2.57. The molecule has 1 unspecified atom stereocenters. The number of hydrogen-bond acceptors (Lipinski definition) is 3. The summed E-state index contributed by atoms with van der Waals surface area (Å²) in [5.74, 6) is 0.981. The van der Waals surface area contributed by atoms with E-state index in [1.165, 1.54) is 12.8 Å². The number of benzene rings is 1. The van der Waals surface area contributed by atoms with Crippen molar-refractivity contribution in [1.82, 2.24) is 4.90 Å². The quantitative estimate of drug-likeness (QED) is 0.575. The number of ether oxygens (including phenoxy) is 1. The van der Waals surface area contributed by atoms with E-state index >= 15 is 0 Å². The van der Waals surface area contributed by atoms with Crippen LogP contribution in [-0.2, 0) is 0 Å². The predicted molar refractivity (Wildman–Crippen MR) is 90.9 cm³/mol. The van der Waals surface area contributed by atoms with Crippen molar-refractivity contribution in [3.63, 3.8) is 0 Å². The number of rotatable bonds is 1. The summed E-state index contributed by atoms with van der Waals surface area (Å²) in [6, 6.07) is 4.00. The zero-order valence-corrected chi connectivity index (χ0v) is 15.0. The van der Waals surface area contributed by atoms with Crippen molar-refractivity contribution in [1.29, 1.82) is 0 Å². The van der Waals surface area contributed by atoms with Gasteiger partial charge in [-0.2, -0.15) is 0 Å². The van der Waals surface area contributed by atoms with Crippen LogP contribution < -0.4 is 4.74 Å². The fourth-order valence-corrected chi connectivity index (χ4v) is 4.89.